The van der Waals surface area contributed by atoms with Crippen LogP contribution in [0.3, 0.4) is 0 Å². The topological polar surface area (TPSA) is 25.1 Å². The van der Waals surface area contributed by atoms with Gasteiger partial charge in [0.2, 0.25) is 0 Å². The van der Waals surface area contributed by atoms with Gasteiger partial charge in [0.15, 0.2) is 0 Å². The van der Waals surface area contributed by atoms with Gasteiger partial charge in [-0.1, -0.05) is 194 Å². The van der Waals surface area contributed by atoms with Gasteiger partial charge in [0.25, 0.3) is 0 Å². The number of hydrogen-bond donors (Lipinski definition) is 1. The number of anilines is 5. The lowest BCUT2D eigenvalue weighted by Gasteiger charge is -2.29. The van der Waals surface area contributed by atoms with Crippen molar-refractivity contribution in [2.24, 2.45) is 11.8 Å². The molecule has 4 atom stereocenters. The van der Waals surface area contributed by atoms with Gasteiger partial charge in [-0.3, -0.25) is 0 Å². The van der Waals surface area contributed by atoms with E-state index in [4.69, 9.17) is 0 Å². The van der Waals surface area contributed by atoms with E-state index in [1.807, 2.05) is 0 Å². The van der Waals surface area contributed by atoms with Crippen molar-refractivity contribution in [2.45, 2.75) is 31.6 Å². The minimum atomic E-state index is 0.229. The average Bonchev–Trinajstić information content (AvgIpc) is 4.31. The van der Waals surface area contributed by atoms with Crippen LogP contribution in [-0.4, -0.2) is 9.13 Å². The van der Waals surface area contributed by atoms with E-state index < -0.39 is 0 Å². The minimum absolute atomic E-state index is 0.229. The Balaban J connectivity index is 0.806. The summed E-state index contributed by atoms with van der Waals surface area (Å²) < 4.78 is 5.11. The monoisotopic (exact) mass is 1060 g/mol. The molecule has 17 rings (SSSR count). The number of rotatable bonds is 8. The third-order valence-electron chi connectivity index (χ3n) is 18.6. The van der Waals surface area contributed by atoms with Gasteiger partial charge in [0.05, 0.1) is 16.7 Å². The third-order valence-corrected chi connectivity index (χ3v) is 18.6. The molecule has 1 N–H and O–H groups in total. The largest absolute Gasteiger partial charge is 0.355 e. The molecule has 2 heterocycles. The molecule has 10 aromatic carbocycles. The first-order valence-electron chi connectivity index (χ1n) is 29.5. The number of fused-ring (bicyclic) bond motifs is 16. The molecule has 0 aliphatic heterocycles. The lowest BCUT2D eigenvalue weighted by molar-refractivity contribution is 0.661. The Morgan fingerprint density at radius 3 is 1.63 bits per heavy atom. The number of aromatic nitrogens is 2. The van der Waals surface area contributed by atoms with E-state index in [0.717, 1.165) is 47.0 Å². The average molecular weight is 1060 g/mol. The summed E-state index contributed by atoms with van der Waals surface area (Å²) in [6.45, 7) is 2.23. The van der Waals surface area contributed by atoms with Crippen molar-refractivity contribution in [3.63, 3.8) is 0 Å². The highest BCUT2D eigenvalue weighted by Crippen LogP contribution is 2.50. The number of allylic oxidation sites excluding steroid dienone is 11. The Labute approximate surface area is 483 Å². The summed E-state index contributed by atoms with van der Waals surface area (Å²) in [5.41, 5.74) is 22.1. The molecule has 0 saturated carbocycles. The van der Waals surface area contributed by atoms with Crippen molar-refractivity contribution >= 4 is 101 Å². The summed E-state index contributed by atoms with van der Waals surface area (Å²) >= 11 is 0. The molecule has 2 aromatic heterocycles. The van der Waals surface area contributed by atoms with E-state index in [1.54, 1.807) is 0 Å². The Morgan fingerprint density at radius 1 is 0.446 bits per heavy atom. The van der Waals surface area contributed by atoms with E-state index in [2.05, 4.69) is 305 Å². The molecule has 12 aromatic rings. The standard InChI is InChI=1S/C79H58N4/c1-50-26-27-51-14-2-8-20-63(51)74(50)69-45-28-54-17-5-11-23-66(54)77(69)80-57-33-35-58(36-34-57)81(59-37-41-61(42-38-59)82-72-48-31-52-15-3-9-21-64(52)75(72)70-46-29-55-18-6-12-24-67(55)78(70)82)60-39-43-62(44-40-60)83-73-49-32-53-16-4-10-22-65(53)76(73)71-47-30-56-19-7-13-25-68(56)79(71)83/h2-9,11-21,23-49,55-56,67-68,80H,10,22H2,1H3. The molecule has 83 heavy (non-hydrogen) atoms. The summed E-state index contributed by atoms with van der Waals surface area (Å²) in [4.78, 5) is 2.42. The van der Waals surface area contributed by atoms with Crippen molar-refractivity contribution in [3.05, 3.63) is 300 Å². The second kappa shape index (κ2) is 19.0. The van der Waals surface area contributed by atoms with Gasteiger partial charge in [0.1, 0.15) is 0 Å². The van der Waals surface area contributed by atoms with Crippen LogP contribution in [0, 0.1) is 18.8 Å². The fourth-order valence-corrected chi connectivity index (χ4v) is 14.8. The van der Waals surface area contributed by atoms with Crippen LogP contribution in [0.1, 0.15) is 57.5 Å². The van der Waals surface area contributed by atoms with Gasteiger partial charge < -0.3 is 19.4 Å². The quantitative estimate of drug-likeness (QED) is 0.164. The number of nitrogens with one attached hydrogen (secondary N) is 1. The maximum Gasteiger partial charge on any atom is 0.0544 e. The first-order chi connectivity index (χ1) is 41.1. The van der Waals surface area contributed by atoms with E-state index in [9.17, 15) is 0 Å². The Kier molecular flexibility index (Phi) is 10.9. The molecular weight excluding hydrogens is 1000 g/mol. The second-order valence-corrected chi connectivity index (χ2v) is 23.1. The molecule has 5 aliphatic carbocycles. The van der Waals surface area contributed by atoms with Gasteiger partial charge in [-0.15, -0.1) is 0 Å². The third kappa shape index (κ3) is 7.52. The molecule has 0 saturated heterocycles. The maximum absolute atomic E-state index is 3.99. The lowest BCUT2D eigenvalue weighted by atomic mass is 9.79. The highest BCUT2D eigenvalue weighted by molar-refractivity contribution is 6.13. The van der Waals surface area contributed by atoms with Crippen molar-refractivity contribution in [1.82, 2.24) is 9.13 Å². The number of benzene rings is 10. The van der Waals surface area contributed by atoms with E-state index in [-0.39, 0.29) is 11.8 Å². The molecular formula is C79H58N4. The summed E-state index contributed by atoms with van der Waals surface area (Å²) in [7, 11) is 0. The molecule has 0 bridgehead atoms. The predicted molar refractivity (Wildman–Crippen MR) is 352 cm³/mol. The Bertz CT molecular complexity index is 4890. The van der Waals surface area contributed by atoms with Crippen LogP contribution in [0.25, 0.3) is 94.9 Å². The van der Waals surface area contributed by atoms with Crippen LogP contribution in [0.5, 0.6) is 0 Å². The van der Waals surface area contributed by atoms with Crippen LogP contribution in [-0.2, 0) is 6.42 Å². The Hall–Kier alpha value is -10.2. The summed E-state index contributed by atoms with van der Waals surface area (Å²) in [5, 5.41) is 14.1. The van der Waals surface area contributed by atoms with Crippen molar-refractivity contribution in [1.29, 1.82) is 0 Å². The first-order valence-corrected chi connectivity index (χ1v) is 29.5. The first kappa shape index (κ1) is 47.6. The van der Waals surface area contributed by atoms with Crippen LogP contribution in [0.2, 0.25) is 0 Å². The Morgan fingerprint density at radius 2 is 0.964 bits per heavy atom. The molecule has 5 aliphatic rings. The van der Waals surface area contributed by atoms with Gasteiger partial charge in [-0.2, -0.15) is 0 Å². The van der Waals surface area contributed by atoms with Crippen molar-refractivity contribution in [3.8, 4) is 22.5 Å². The minimum Gasteiger partial charge on any atom is -0.355 e. The van der Waals surface area contributed by atoms with Crippen LogP contribution >= 0.6 is 0 Å². The molecule has 0 fully saturated rings. The van der Waals surface area contributed by atoms with E-state index in [1.165, 1.54) is 110 Å². The zero-order valence-electron chi connectivity index (χ0n) is 46.1. The molecule has 0 amide bonds. The van der Waals surface area contributed by atoms with Gasteiger partial charge in [0, 0.05) is 102 Å². The smallest absolute Gasteiger partial charge is 0.0544 e. The van der Waals surface area contributed by atoms with E-state index >= 15 is 0 Å². The predicted octanol–water partition coefficient (Wildman–Crippen LogP) is 20.9. The SMILES string of the molecule is Cc1ccc2ccccc2c1-c1ccc2ccccc2c1Nc1ccc(N(c2ccc(-n3c4c(c5c6c(ccc53)C=CCC6)C=CC3C=CC=CC43)cc2)c2ccc(-n3c4c(c5c6ccccc6ccc53)C=CC3C=CC=CC43)cc2)cc1. The zero-order valence-corrected chi connectivity index (χ0v) is 46.1. The molecule has 4 heteroatoms. The number of aryl methyl sites for hydroxylation is 2. The molecule has 0 spiro atoms. The summed E-state index contributed by atoms with van der Waals surface area (Å²) in [6.07, 6.45) is 34.7. The van der Waals surface area contributed by atoms with Gasteiger partial charge in [-0.05, 0) is 154 Å². The molecule has 0 radical (unpaired) electrons. The van der Waals surface area contributed by atoms with Crippen LogP contribution in [0.15, 0.2) is 261 Å². The maximum atomic E-state index is 3.99. The lowest BCUT2D eigenvalue weighted by Crippen LogP contribution is -2.17. The fourth-order valence-electron chi connectivity index (χ4n) is 14.8. The van der Waals surface area contributed by atoms with Gasteiger partial charge in [-0.25, -0.2) is 0 Å². The van der Waals surface area contributed by atoms with Crippen LogP contribution < -0.4 is 10.2 Å². The highest BCUT2D eigenvalue weighted by Gasteiger charge is 2.34. The second-order valence-electron chi connectivity index (χ2n) is 23.1. The number of hydrogen-bond acceptors (Lipinski definition) is 2. The molecule has 4 nitrogen and oxygen atoms in total. The summed E-state index contributed by atoms with van der Waals surface area (Å²) in [5.74, 6) is 1.10. The van der Waals surface area contributed by atoms with Gasteiger partial charge >= 0.3 is 0 Å². The summed E-state index contributed by atoms with van der Waals surface area (Å²) in [6, 6.07) is 72.4. The van der Waals surface area contributed by atoms with Crippen molar-refractivity contribution < 1.29 is 0 Å². The normalized spacial score (nSPS) is 18.0. The molecule has 394 valence electrons. The van der Waals surface area contributed by atoms with Crippen molar-refractivity contribution in [2.75, 3.05) is 10.2 Å². The van der Waals surface area contributed by atoms with Crippen LogP contribution in [0.4, 0.5) is 28.4 Å². The highest BCUT2D eigenvalue weighted by atomic mass is 15.1. The van der Waals surface area contributed by atoms with E-state index in [0.29, 0.717) is 11.8 Å². The number of nitrogens with zero attached hydrogens (tertiary/aromatic N) is 3. The zero-order chi connectivity index (χ0) is 54.7. The fraction of sp³-hybridized carbons (Fsp3) is 0.0886. The molecule has 4 unspecified atom stereocenters.